The number of rotatable bonds is 3. The van der Waals surface area contributed by atoms with E-state index in [-0.39, 0.29) is 17.1 Å². The molecule has 0 aromatic carbocycles. The van der Waals surface area contributed by atoms with Crippen molar-refractivity contribution >= 4 is 17.9 Å². The molecule has 0 aliphatic rings. The molecule has 0 bridgehead atoms. The van der Waals surface area contributed by atoms with Crippen LogP contribution >= 0.6 is 11.6 Å². The molecule has 1 rings (SSSR count). The van der Waals surface area contributed by atoms with Gasteiger partial charge in [0.25, 0.3) is 6.43 Å². The predicted octanol–water partition coefficient (Wildman–Crippen LogP) is 2.71. The smallest absolute Gasteiger partial charge is 0.283 e. The van der Waals surface area contributed by atoms with Crippen LogP contribution in [0.15, 0.2) is 6.07 Å². The summed E-state index contributed by atoms with van der Waals surface area (Å²) in [7, 11) is 0. The molecule has 0 aliphatic heterocycles. The first-order valence-corrected chi connectivity index (χ1v) is 4.12. The van der Waals surface area contributed by atoms with Crippen LogP contribution < -0.4 is 0 Å². The Labute approximate surface area is 82.7 Å². The average Bonchev–Trinajstić information content (AvgIpc) is 2.16. The Balaban J connectivity index is 3.30. The van der Waals surface area contributed by atoms with E-state index < -0.39 is 17.9 Å². The molecule has 0 amide bonds. The molecule has 14 heavy (non-hydrogen) atoms. The van der Waals surface area contributed by atoms with Gasteiger partial charge in [-0.05, 0) is 6.07 Å². The van der Waals surface area contributed by atoms with Gasteiger partial charge in [0.1, 0.15) is 5.69 Å². The Hall–Kier alpha value is -1.10. The highest BCUT2D eigenvalue weighted by molar-refractivity contribution is 6.17. The van der Waals surface area contributed by atoms with Crippen molar-refractivity contribution in [2.75, 3.05) is 0 Å². The highest BCUT2D eigenvalue weighted by atomic mass is 35.5. The van der Waals surface area contributed by atoms with Crippen LogP contribution in [0.1, 0.15) is 28.2 Å². The monoisotopic (exact) mass is 223 g/mol. The summed E-state index contributed by atoms with van der Waals surface area (Å²) in [4.78, 5) is 13.6. The summed E-state index contributed by atoms with van der Waals surface area (Å²) in [5.41, 5.74) is -1.13. The zero-order valence-electron chi connectivity index (χ0n) is 6.81. The van der Waals surface area contributed by atoms with E-state index in [0.717, 1.165) is 0 Å². The molecular weight excluding hydrogens is 219 g/mol. The minimum atomic E-state index is -3.02. The summed E-state index contributed by atoms with van der Waals surface area (Å²) in [6, 6.07) is 0.708. The molecule has 0 fully saturated rings. The summed E-state index contributed by atoms with van der Waals surface area (Å²) >= 11 is 5.35. The van der Waals surface area contributed by atoms with Gasteiger partial charge in [0, 0.05) is 5.56 Å². The third kappa shape index (κ3) is 2.04. The number of carbonyl (C=O) groups excluding carboxylic acids is 1. The second-order valence-electron chi connectivity index (χ2n) is 2.44. The lowest BCUT2D eigenvalue weighted by molar-refractivity contribution is 0.111. The van der Waals surface area contributed by atoms with E-state index in [2.05, 4.69) is 4.98 Å². The molecule has 1 aromatic rings. The van der Waals surface area contributed by atoms with Crippen LogP contribution in [0.4, 0.5) is 13.2 Å². The molecule has 2 nitrogen and oxygen atoms in total. The van der Waals surface area contributed by atoms with Crippen molar-refractivity contribution in [3.05, 3.63) is 28.8 Å². The van der Waals surface area contributed by atoms with Gasteiger partial charge in [0.2, 0.25) is 0 Å². The Bertz CT molecular complexity index is 357. The molecule has 76 valence electrons. The van der Waals surface area contributed by atoms with Gasteiger partial charge in [-0.1, -0.05) is 0 Å². The Morgan fingerprint density at radius 2 is 2.21 bits per heavy atom. The number of aromatic nitrogens is 1. The van der Waals surface area contributed by atoms with Gasteiger partial charge >= 0.3 is 0 Å². The third-order valence-corrected chi connectivity index (χ3v) is 1.83. The van der Waals surface area contributed by atoms with E-state index in [0.29, 0.717) is 12.4 Å². The van der Waals surface area contributed by atoms with Crippen molar-refractivity contribution in [2.45, 2.75) is 12.3 Å². The molecule has 6 heteroatoms. The van der Waals surface area contributed by atoms with Crippen LogP contribution in [-0.4, -0.2) is 11.3 Å². The van der Waals surface area contributed by atoms with Crippen molar-refractivity contribution in [1.29, 1.82) is 0 Å². The first-order chi connectivity index (χ1) is 6.60. The molecular formula is C8H5ClF3NO. The van der Waals surface area contributed by atoms with E-state index in [1.807, 2.05) is 0 Å². The standard InChI is InChI=1S/C8H5ClF3NO/c9-2-6-4(3-14)1-5(10)7(13-6)8(11)12/h1,3,8H,2H2. The molecule has 0 saturated carbocycles. The summed E-state index contributed by atoms with van der Waals surface area (Å²) in [5, 5.41) is 0. The first-order valence-electron chi connectivity index (χ1n) is 3.58. The van der Waals surface area contributed by atoms with Crippen molar-refractivity contribution in [3.63, 3.8) is 0 Å². The summed E-state index contributed by atoms with van der Waals surface area (Å²) in [5.74, 6) is -1.41. The number of carbonyl (C=O) groups is 1. The predicted molar refractivity (Wildman–Crippen MR) is 44.1 cm³/mol. The number of aldehydes is 1. The molecule has 0 aliphatic carbocycles. The zero-order valence-corrected chi connectivity index (χ0v) is 7.56. The summed E-state index contributed by atoms with van der Waals surface area (Å²) in [6.45, 7) is 0. The normalized spacial score (nSPS) is 10.6. The third-order valence-electron chi connectivity index (χ3n) is 1.58. The van der Waals surface area contributed by atoms with Gasteiger partial charge in [0.15, 0.2) is 12.1 Å². The number of alkyl halides is 3. The summed E-state index contributed by atoms with van der Waals surface area (Å²) in [6.07, 6.45) is -2.69. The van der Waals surface area contributed by atoms with Crippen LogP contribution in [0.5, 0.6) is 0 Å². The maximum atomic E-state index is 12.9. The van der Waals surface area contributed by atoms with Crippen molar-refractivity contribution < 1.29 is 18.0 Å². The molecule has 0 atom stereocenters. The minimum Gasteiger partial charge on any atom is -0.298 e. The summed E-state index contributed by atoms with van der Waals surface area (Å²) < 4.78 is 37.2. The van der Waals surface area contributed by atoms with E-state index in [1.165, 1.54) is 0 Å². The molecule has 0 radical (unpaired) electrons. The van der Waals surface area contributed by atoms with Gasteiger partial charge in [0.05, 0.1) is 11.6 Å². The minimum absolute atomic E-state index is 0.0432. The Kier molecular flexibility index (Phi) is 3.46. The molecule has 1 aromatic heterocycles. The van der Waals surface area contributed by atoms with Gasteiger partial charge in [-0.3, -0.25) is 4.79 Å². The molecule has 0 unspecified atom stereocenters. The van der Waals surface area contributed by atoms with Crippen LogP contribution in [0.2, 0.25) is 0 Å². The second kappa shape index (κ2) is 4.41. The topological polar surface area (TPSA) is 30.0 Å². The fourth-order valence-corrected chi connectivity index (χ4v) is 1.13. The van der Waals surface area contributed by atoms with E-state index in [9.17, 15) is 18.0 Å². The average molecular weight is 224 g/mol. The number of hydrogen-bond donors (Lipinski definition) is 0. The van der Waals surface area contributed by atoms with Crippen LogP contribution in [0.3, 0.4) is 0 Å². The lowest BCUT2D eigenvalue weighted by Crippen LogP contribution is -2.03. The van der Waals surface area contributed by atoms with E-state index in [4.69, 9.17) is 11.6 Å². The maximum Gasteiger partial charge on any atom is 0.283 e. The van der Waals surface area contributed by atoms with Gasteiger partial charge < -0.3 is 0 Å². The Morgan fingerprint density at radius 1 is 1.57 bits per heavy atom. The number of nitrogens with zero attached hydrogens (tertiary/aromatic N) is 1. The van der Waals surface area contributed by atoms with Gasteiger partial charge in [-0.2, -0.15) is 0 Å². The van der Waals surface area contributed by atoms with Crippen LogP contribution in [0, 0.1) is 5.82 Å². The maximum absolute atomic E-state index is 12.9. The van der Waals surface area contributed by atoms with Gasteiger partial charge in [-0.15, -0.1) is 11.6 Å². The fourth-order valence-electron chi connectivity index (χ4n) is 0.919. The highest BCUT2D eigenvalue weighted by Crippen LogP contribution is 2.22. The van der Waals surface area contributed by atoms with Crippen molar-refractivity contribution in [2.24, 2.45) is 0 Å². The second-order valence-corrected chi connectivity index (χ2v) is 2.71. The fraction of sp³-hybridized carbons (Fsp3) is 0.250. The quantitative estimate of drug-likeness (QED) is 0.583. The van der Waals surface area contributed by atoms with E-state index in [1.54, 1.807) is 0 Å². The molecule has 0 N–H and O–H groups in total. The number of hydrogen-bond acceptors (Lipinski definition) is 2. The van der Waals surface area contributed by atoms with Gasteiger partial charge in [-0.25, -0.2) is 18.2 Å². The molecule has 1 heterocycles. The van der Waals surface area contributed by atoms with Crippen molar-refractivity contribution in [1.82, 2.24) is 4.98 Å². The lowest BCUT2D eigenvalue weighted by atomic mass is 10.2. The lowest BCUT2D eigenvalue weighted by Gasteiger charge is -2.05. The van der Waals surface area contributed by atoms with Crippen LogP contribution in [-0.2, 0) is 5.88 Å². The number of pyridine rings is 1. The Morgan fingerprint density at radius 3 is 2.64 bits per heavy atom. The molecule has 0 spiro atoms. The largest absolute Gasteiger partial charge is 0.298 e. The van der Waals surface area contributed by atoms with Crippen LogP contribution in [0.25, 0.3) is 0 Å². The van der Waals surface area contributed by atoms with E-state index >= 15 is 0 Å². The SMILES string of the molecule is O=Cc1cc(F)c(C(F)F)nc1CCl. The number of halogens is 4. The zero-order chi connectivity index (χ0) is 10.7. The highest BCUT2D eigenvalue weighted by Gasteiger charge is 2.18. The first kappa shape index (κ1) is 11.0. The van der Waals surface area contributed by atoms with Crippen molar-refractivity contribution in [3.8, 4) is 0 Å². The molecule has 0 saturated heterocycles.